The van der Waals surface area contributed by atoms with Gasteiger partial charge in [0.15, 0.2) is 0 Å². The number of nitrogens with one attached hydrogen (secondary N) is 1. The second-order valence-electron chi connectivity index (χ2n) is 4.34. The third-order valence-electron chi connectivity index (χ3n) is 2.90. The second-order valence-corrected chi connectivity index (χ2v) is 6.05. The fourth-order valence-electron chi connectivity index (χ4n) is 1.90. The van der Waals surface area contributed by atoms with Crippen LogP contribution in [0, 0.1) is 0 Å². The number of aliphatic hydroxyl groups excluding tert-OH is 1. The number of sulfonamides is 1. The van der Waals surface area contributed by atoms with Gasteiger partial charge in [0.05, 0.1) is 18.1 Å². The summed E-state index contributed by atoms with van der Waals surface area (Å²) in [6.07, 6.45) is 1.67. The zero-order chi connectivity index (χ0) is 13.0. The molecule has 1 fully saturated rings. The molecule has 0 aromatic heterocycles. The van der Waals surface area contributed by atoms with Gasteiger partial charge in [-0.25, -0.2) is 13.1 Å². The van der Waals surface area contributed by atoms with Crippen molar-refractivity contribution in [1.82, 2.24) is 4.72 Å². The van der Waals surface area contributed by atoms with Crippen molar-refractivity contribution in [2.24, 2.45) is 0 Å². The molecule has 0 aliphatic carbocycles. The Balaban J connectivity index is 2.08. The third kappa shape index (κ3) is 3.29. The molecule has 6 heteroatoms. The molecular weight excluding hydrogens is 254 g/mol. The van der Waals surface area contributed by atoms with E-state index < -0.39 is 10.0 Å². The molecule has 0 spiro atoms. The molecule has 2 N–H and O–H groups in total. The van der Waals surface area contributed by atoms with Gasteiger partial charge in [-0.15, -0.1) is 0 Å². The zero-order valence-electron chi connectivity index (χ0n) is 10.0. The Kier molecular flexibility index (Phi) is 4.34. The maximum atomic E-state index is 12.1. The van der Waals surface area contributed by atoms with Gasteiger partial charge >= 0.3 is 0 Å². The van der Waals surface area contributed by atoms with Crippen LogP contribution in [-0.2, 0) is 21.4 Å². The number of hydrogen-bond donors (Lipinski definition) is 2. The highest BCUT2D eigenvalue weighted by molar-refractivity contribution is 7.89. The van der Waals surface area contributed by atoms with Crippen LogP contribution in [0.4, 0.5) is 0 Å². The Morgan fingerprint density at radius 2 is 2.06 bits per heavy atom. The summed E-state index contributed by atoms with van der Waals surface area (Å²) in [4.78, 5) is 0.213. The quantitative estimate of drug-likeness (QED) is 0.842. The van der Waals surface area contributed by atoms with Gasteiger partial charge in [0, 0.05) is 12.6 Å². The summed E-state index contributed by atoms with van der Waals surface area (Å²) >= 11 is 0. The highest BCUT2D eigenvalue weighted by Gasteiger charge is 2.21. The molecule has 100 valence electrons. The van der Waals surface area contributed by atoms with Crippen molar-refractivity contribution >= 4 is 10.0 Å². The highest BCUT2D eigenvalue weighted by atomic mass is 32.2. The Labute approximate surface area is 107 Å². The smallest absolute Gasteiger partial charge is 0.240 e. The first-order valence-electron chi connectivity index (χ1n) is 5.92. The fraction of sp³-hybridized carbons (Fsp3) is 0.500. The lowest BCUT2D eigenvalue weighted by atomic mass is 10.1. The van der Waals surface area contributed by atoms with Gasteiger partial charge in [-0.2, -0.15) is 0 Å². The molecular formula is C12H17NO4S. The topological polar surface area (TPSA) is 75.6 Å². The predicted molar refractivity (Wildman–Crippen MR) is 66.5 cm³/mol. The van der Waals surface area contributed by atoms with E-state index in [0.29, 0.717) is 18.8 Å². The average molecular weight is 271 g/mol. The van der Waals surface area contributed by atoms with E-state index in [2.05, 4.69) is 4.72 Å². The van der Waals surface area contributed by atoms with Crippen molar-refractivity contribution in [3.63, 3.8) is 0 Å². The second kappa shape index (κ2) is 5.79. The van der Waals surface area contributed by atoms with Gasteiger partial charge < -0.3 is 9.84 Å². The first kappa shape index (κ1) is 13.5. The van der Waals surface area contributed by atoms with Crippen LogP contribution in [0.25, 0.3) is 0 Å². The molecule has 1 heterocycles. The minimum atomic E-state index is -3.50. The minimum absolute atomic E-state index is 0.0930. The lowest BCUT2D eigenvalue weighted by Crippen LogP contribution is -2.40. The van der Waals surface area contributed by atoms with Crippen molar-refractivity contribution in [2.75, 3.05) is 13.2 Å². The van der Waals surface area contributed by atoms with Gasteiger partial charge in [-0.1, -0.05) is 12.1 Å². The van der Waals surface area contributed by atoms with E-state index in [0.717, 1.165) is 12.8 Å². The summed E-state index contributed by atoms with van der Waals surface area (Å²) in [5.74, 6) is 0. The largest absolute Gasteiger partial charge is 0.392 e. The molecule has 0 bridgehead atoms. The first-order valence-corrected chi connectivity index (χ1v) is 7.40. The van der Waals surface area contributed by atoms with E-state index >= 15 is 0 Å². The van der Waals surface area contributed by atoms with Crippen LogP contribution in [0.2, 0.25) is 0 Å². The molecule has 1 aliphatic rings. The van der Waals surface area contributed by atoms with E-state index in [1.54, 1.807) is 12.1 Å². The molecule has 1 saturated heterocycles. The fourth-order valence-corrected chi connectivity index (χ4v) is 3.15. The standard InChI is InChI=1S/C12H17NO4S/c14-8-10-3-5-12(6-4-10)18(15,16)13-11-2-1-7-17-9-11/h3-6,11,13-14H,1-2,7-9H2. The van der Waals surface area contributed by atoms with Crippen LogP contribution in [0.3, 0.4) is 0 Å². The van der Waals surface area contributed by atoms with Crippen LogP contribution in [0.1, 0.15) is 18.4 Å². The van der Waals surface area contributed by atoms with Crippen LogP contribution in [0.15, 0.2) is 29.2 Å². The SMILES string of the molecule is O=S(=O)(NC1CCCOC1)c1ccc(CO)cc1. The van der Waals surface area contributed by atoms with Crippen molar-refractivity contribution < 1.29 is 18.3 Å². The van der Waals surface area contributed by atoms with E-state index in [4.69, 9.17) is 9.84 Å². The lowest BCUT2D eigenvalue weighted by Gasteiger charge is -2.22. The van der Waals surface area contributed by atoms with Crippen LogP contribution < -0.4 is 4.72 Å². The van der Waals surface area contributed by atoms with Gasteiger partial charge in [0.25, 0.3) is 0 Å². The highest BCUT2D eigenvalue weighted by Crippen LogP contribution is 2.14. The lowest BCUT2D eigenvalue weighted by molar-refractivity contribution is 0.0774. The number of ether oxygens (including phenoxy) is 1. The summed E-state index contributed by atoms with van der Waals surface area (Å²) in [6.45, 7) is 1.03. The van der Waals surface area contributed by atoms with Gasteiger partial charge in [0.1, 0.15) is 0 Å². The molecule has 1 aliphatic heterocycles. The van der Waals surface area contributed by atoms with Gasteiger partial charge in [-0.05, 0) is 30.5 Å². The number of aliphatic hydroxyl groups is 1. The Morgan fingerprint density at radius 3 is 2.61 bits per heavy atom. The number of rotatable bonds is 4. The molecule has 1 atom stereocenters. The molecule has 0 amide bonds. The molecule has 0 saturated carbocycles. The zero-order valence-corrected chi connectivity index (χ0v) is 10.8. The molecule has 18 heavy (non-hydrogen) atoms. The molecule has 0 radical (unpaired) electrons. The third-order valence-corrected chi connectivity index (χ3v) is 4.43. The molecule has 1 aromatic carbocycles. The Morgan fingerprint density at radius 1 is 1.33 bits per heavy atom. The van der Waals surface area contributed by atoms with Gasteiger partial charge in [-0.3, -0.25) is 0 Å². The molecule has 1 aromatic rings. The van der Waals surface area contributed by atoms with E-state index in [1.807, 2.05) is 0 Å². The van der Waals surface area contributed by atoms with Crippen LogP contribution >= 0.6 is 0 Å². The van der Waals surface area contributed by atoms with Crippen LogP contribution in [-0.4, -0.2) is 32.8 Å². The van der Waals surface area contributed by atoms with Crippen molar-refractivity contribution in [3.05, 3.63) is 29.8 Å². The van der Waals surface area contributed by atoms with E-state index in [-0.39, 0.29) is 17.5 Å². The van der Waals surface area contributed by atoms with Crippen molar-refractivity contribution in [3.8, 4) is 0 Å². The van der Waals surface area contributed by atoms with Crippen molar-refractivity contribution in [2.45, 2.75) is 30.4 Å². The predicted octanol–water partition coefficient (Wildman–Crippen LogP) is 0.636. The monoisotopic (exact) mass is 271 g/mol. The first-order chi connectivity index (χ1) is 8.62. The molecule has 2 rings (SSSR count). The summed E-state index contributed by atoms with van der Waals surface area (Å²) in [7, 11) is -3.50. The maximum absolute atomic E-state index is 12.1. The molecule has 1 unspecified atom stereocenters. The Bertz CT molecular complexity index is 477. The summed E-state index contributed by atoms with van der Waals surface area (Å²) < 4.78 is 32.0. The summed E-state index contributed by atoms with van der Waals surface area (Å²) in [5.41, 5.74) is 0.690. The minimum Gasteiger partial charge on any atom is -0.392 e. The Hall–Kier alpha value is -0.950. The normalized spacial score (nSPS) is 20.8. The molecule has 5 nitrogen and oxygen atoms in total. The van der Waals surface area contributed by atoms with Gasteiger partial charge in [0.2, 0.25) is 10.0 Å². The van der Waals surface area contributed by atoms with Crippen LogP contribution in [0.5, 0.6) is 0 Å². The number of hydrogen-bond acceptors (Lipinski definition) is 4. The van der Waals surface area contributed by atoms with E-state index in [9.17, 15) is 8.42 Å². The maximum Gasteiger partial charge on any atom is 0.240 e. The van der Waals surface area contributed by atoms with E-state index in [1.165, 1.54) is 12.1 Å². The van der Waals surface area contributed by atoms with Crippen molar-refractivity contribution in [1.29, 1.82) is 0 Å². The number of benzene rings is 1. The summed E-state index contributed by atoms with van der Waals surface area (Å²) in [5, 5.41) is 8.91. The summed E-state index contributed by atoms with van der Waals surface area (Å²) in [6, 6.07) is 6.05. The average Bonchev–Trinajstić information content (AvgIpc) is 2.39.